The standard InChI is InChI=1S/C27H21F2N5O2S/c1-18-9-8-16-30-24(18)34-22-14-6-5-13-21(22)32-26(34)37-17-19-10-7-15-23(31-19)33-25(35)27(28,29)36-20-11-3-2-4-12-20/h2-16H,17H2,1H3,(H,31,33,35). The van der Waals surface area contributed by atoms with Gasteiger partial charge in [0.1, 0.15) is 17.4 Å². The van der Waals surface area contributed by atoms with Crippen LogP contribution in [0, 0.1) is 6.92 Å². The van der Waals surface area contributed by atoms with Gasteiger partial charge < -0.3 is 10.1 Å². The molecule has 0 aliphatic rings. The maximum Gasteiger partial charge on any atom is 0.482 e. The van der Waals surface area contributed by atoms with Crippen LogP contribution in [0.15, 0.2) is 96.3 Å². The van der Waals surface area contributed by atoms with Crippen LogP contribution in [0.25, 0.3) is 16.9 Å². The fraction of sp³-hybridized carbons (Fsp3) is 0.111. The van der Waals surface area contributed by atoms with Crippen molar-refractivity contribution in [3.8, 4) is 11.6 Å². The Kier molecular flexibility index (Phi) is 6.82. The van der Waals surface area contributed by atoms with Gasteiger partial charge in [0.15, 0.2) is 5.16 Å². The number of aryl methyl sites for hydroxylation is 1. The lowest BCUT2D eigenvalue weighted by atomic mass is 10.2. The third-order valence-corrected chi connectivity index (χ3v) is 6.35. The number of rotatable bonds is 8. The minimum Gasteiger partial charge on any atom is -0.425 e. The summed E-state index contributed by atoms with van der Waals surface area (Å²) in [4.78, 5) is 25.8. The highest BCUT2D eigenvalue weighted by molar-refractivity contribution is 7.98. The first-order chi connectivity index (χ1) is 17.9. The predicted octanol–water partition coefficient (Wildman–Crippen LogP) is 6.03. The first kappa shape index (κ1) is 24.4. The molecule has 5 rings (SSSR count). The van der Waals surface area contributed by atoms with E-state index in [1.165, 1.54) is 42.1 Å². The van der Waals surface area contributed by atoms with Gasteiger partial charge in [0.05, 0.1) is 16.7 Å². The van der Waals surface area contributed by atoms with E-state index in [1.54, 1.807) is 24.4 Å². The summed E-state index contributed by atoms with van der Waals surface area (Å²) in [5.74, 6) is -0.578. The third-order valence-electron chi connectivity index (χ3n) is 5.37. The highest BCUT2D eigenvalue weighted by Gasteiger charge is 2.42. The molecule has 0 bridgehead atoms. The molecule has 0 radical (unpaired) electrons. The molecular weight excluding hydrogens is 496 g/mol. The quantitative estimate of drug-likeness (QED) is 0.253. The fourth-order valence-electron chi connectivity index (χ4n) is 3.66. The normalized spacial score (nSPS) is 11.4. The minimum absolute atomic E-state index is 0.00601. The van der Waals surface area contributed by atoms with Crippen molar-refractivity contribution >= 4 is 34.5 Å². The van der Waals surface area contributed by atoms with Gasteiger partial charge in [-0.25, -0.2) is 15.0 Å². The maximum absolute atomic E-state index is 14.3. The van der Waals surface area contributed by atoms with Crippen LogP contribution in [-0.2, 0) is 10.5 Å². The largest absolute Gasteiger partial charge is 0.482 e. The lowest BCUT2D eigenvalue weighted by molar-refractivity contribution is -0.187. The van der Waals surface area contributed by atoms with Crippen LogP contribution in [0.4, 0.5) is 14.6 Å². The van der Waals surface area contributed by atoms with Crippen LogP contribution in [0.3, 0.4) is 0 Å². The zero-order valence-electron chi connectivity index (χ0n) is 19.6. The molecular formula is C27H21F2N5O2S. The molecule has 1 amide bonds. The number of hydrogen-bond acceptors (Lipinski definition) is 6. The number of halogens is 2. The van der Waals surface area contributed by atoms with Crippen LogP contribution < -0.4 is 10.1 Å². The van der Waals surface area contributed by atoms with E-state index in [4.69, 9.17) is 4.98 Å². The van der Waals surface area contributed by atoms with Crippen molar-refractivity contribution in [2.45, 2.75) is 23.9 Å². The summed E-state index contributed by atoms with van der Waals surface area (Å²) in [7, 11) is 0. The van der Waals surface area contributed by atoms with Crippen molar-refractivity contribution in [1.29, 1.82) is 0 Å². The SMILES string of the molecule is Cc1cccnc1-n1c(SCc2cccc(NC(=O)C(F)(F)Oc3ccccc3)n2)nc2ccccc21. The van der Waals surface area contributed by atoms with E-state index >= 15 is 0 Å². The molecule has 3 aromatic heterocycles. The number of pyridine rings is 2. The number of hydrogen-bond donors (Lipinski definition) is 1. The molecule has 0 atom stereocenters. The summed E-state index contributed by atoms with van der Waals surface area (Å²) in [6, 6.07) is 23.9. The van der Waals surface area contributed by atoms with E-state index in [0.29, 0.717) is 16.6 Å². The second kappa shape index (κ2) is 10.4. The number of imidazole rings is 1. The van der Waals surface area contributed by atoms with Gasteiger partial charge in [-0.2, -0.15) is 8.78 Å². The lowest BCUT2D eigenvalue weighted by Crippen LogP contribution is -2.40. The topological polar surface area (TPSA) is 81.9 Å². The van der Waals surface area contributed by atoms with Gasteiger partial charge in [-0.3, -0.25) is 9.36 Å². The Labute approximate surface area is 215 Å². The number of nitrogens with one attached hydrogen (secondary N) is 1. The zero-order chi connectivity index (χ0) is 25.8. The van der Waals surface area contributed by atoms with Crippen molar-refractivity contribution in [3.05, 3.63) is 102 Å². The van der Waals surface area contributed by atoms with Gasteiger partial charge in [-0.1, -0.05) is 54.2 Å². The Hall–Kier alpha value is -4.31. The Morgan fingerprint density at radius 3 is 2.57 bits per heavy atom. The molecule has 10 heteroatoms. The summed E-state index contributed by atoms with van der Waals surface area (Å²) in [6.07, 6.45) is -2.34. The van der Waals surface area contributed by atoms with Crippen LogP contribution in [0.1, 0.15) is 11.3 Å². The Bertz CT molecular complexity index is 1560. The number of amides is 1. The molecule has 186 valence electrons. The van der Waals surface area contributed by atoms with Gasteiger partial charge in [-0.15, -0.1) is 0 Å². The van der Waals surface area contributed by atoms with Crippen molar-refractivity contribution in [2.75, 3.05) is 5.32 Å². The lowest BCUT2D eigenvalue weighted by Gasteiger charge is -2.17. The molecule has 0 saturated carbocycles. The highest BCUT2D eigenvalue weighted by atomic mass is 32.2. The van der Waals surface area contributed by atoms with Crippen LogP contribution in [-0.4, -0.2) is 31.5 Å². The maximum atomic E-state index is 14.3. The van der Waals surface area contributed by atoms with E-state index in [-0.39, 0.29) is 11.6 Å². The van der Waals surface area contributed by atoms with Crippen molar-refractivity contribution < 1.29 is 18.3 Å². The zero-order valence-corrected chi connectivity index (χ0v) is 20.5. The average molecular weight is 518 g/mol. The molecule has 0 fully saturated rings. The van der Waals surface area contributed by atoms with Crippen molar-refractivity contribution in [2.24, 2.45) is 0 Å². The average Bonchev–Trinajstić information content (AvgIpc) is 3.26. The Morgan fingerprint density at radius 2 is 1.76 bits per heavy atom. The van der Waals surface area contributed by atoms with Crippen LogP contribution >= 0.6 is 11.8 Å². The molecule has 0 aliphatic heterocycles. The summed E-state index contributed by atoms with van der Waals surface area (Å²) in [5, 5.41) is 2.85. The monoisotopic (exact) mass is 517 g/mol. The van der Waals surface area contributed by atoms with Gasteiger partial charge in [-0.05, 0) is 55.0 Å². The second-order valence-electron chi connectivity index (χ2n) is 8.05. The summed E-state index contributed by atoms with van der Waals surface area (Å²) >= 11 is 1.43. The summed E-state index contributed by atoms with van der Waals surface area (Å²) < 4.78 is 35.2. The predicted molar refractivity (Wildman–Crippen MR) is 138 cm³/mol. The van der Waals surface area contributed by atoms with E-state index in [9.17, 15) is 13.6 Å². The number of para-hydroxylation sites is 3. The number of carbonyl (C=O) groups excluding carboxylic acids is 1. The molecule has 0 aliphatic carbocycles. The van der Waals surface area contributed by atoms with Crippen LogP contribution in [0.2, 0.25) is 0 Å². The molecule has 1 N–H and O–H groups in total. The number of benzene rings is 2. The van der Waals surface area contributed by atoms with E-state index in [0.717, 1.165) is 22.4 Å². The Balaban J connectivity index is 1.33. The van der Waals surface area contributed by atoms with Gasteiger partial charge >= 0.3 is 12.0 Å². The van der Waals surface area contributed by atoms with Gasteiger partial charge in [0.2, 0.25) is 0 Å². The molecule has 0 spiro atoms. The number of alkyl halides is 2. The number of carbonyl (C=O) groups is 1. The van der Waals surface area contributed by atoms with E-state index < -0.39 is 12.0 Å². The van der Waals surface area contributed by atoms with Gasteiger partial charge in [0, 0.05) is 11.9 Å². The molecule has 3 heterocycles. The van der Waals surface area contributed by atoms with Crippen molar-refractivity contribution in [1.82, 2.24) is 19.5 Å². The molecule has 5 aromatic rings. The van der Waals surface area contributed by atoms with Crippen molar-refractivity contribution in [3.63, 3.8) is 0 Å². The number of nitrogens with zero attached hydrogens (tertiary/aromatic N) is 4. The number of fused-ring (bicyclic) bond motifs is 1. The molecule has 7 nitrogen and oxygen atoms in total. The van der Waals surface area contributed by atoms with E-state index in [2.05, 4.69) is 20.0 Å². The minimum atomic E-state index is -4.07. The van der Waals surface area contributed by atoms with Crippen LogP contribution in [0.5, 0.6) is 5.75 Å². The fourth-order valence-corrected chi connectivity index (χ4v) is 4.57. The molecule has 2 aromatic carbocycles. The number of anilines is 1. The second-order valence-corrected chi connectivity index (χ2v) is 8.99. The first-order valence-electron chi connectivity index (χ1n) is 11.3. The first-order valence-corrected chi connectivity index (χ1v) is 12.3. The number of aromatic nitrogens is 4. The van der Waals surface area contributed by atoms with E-state index in [1.807, 2.05) is 47.9 Å². The smallest absolute Gasteiger partial charge is 0.425 e. The molecule has 0 unspecified atom stereocenters. The summed E-state index contributed by atoms with van der Waals surface area (Å²) in [6.45, 7) is 1.98. The molecule has 37 heavy (non-hydrogen) atoms. The summed E-state index contributed by atoms with van der Waals surface area (Å²) in [5.41, 5.74) is 3.31. The van der Waals surface area contributed by atoms with Gasteiger partial charge in [0.25, 0.3) is 0 Å². The Morgan fingerprint density at radius 1 is 0.973 bits per heavy atom. The number of thioether (sulfide) groups is 1. The number of ether oxygens (including phenoxy) is 1. The third kappa shape index (κ3) is 5.44. The highest BCUT2D eigenvalue weighted by Crippen LogP contribution is 2.30. The molecule has 0 saturated heterocycles.